The van der Waals surface area contributed by atoms with Crippen LogP contribution in [0.25, 0.3) is 0 Å². The second-order valence-electron chi connectivity index (χ2n) is 5.98. The maximum absolute atomic E-state index is 13.5. The molecule has 2 aromatic carbocycles. The van der Waals surface area contributed by atoms with E-state index < -0.39 is 10.0 Å². The molecule has 0 saturated carbocycles. The molecule has 0 bridgehead atoms. The Balaban J connectivity index is 0.00000420. The van der Waals surface area contributed by atoms with Gasteiger partial charge < -0.3 is 10.6 Å². The Hall–Kier alpha value is -1.37. The summed E-state index contributed by atoms with van der Waals surface area (Å²) in [7, 11) is -0.442. The first-order chi connectivity index (χ1) is 13.4. The fourth-order valence-corrected chi connectivity index (χ4v) is 3.96. The average Bonchev–Trinajstić information content (AvgIpc) is 2.70. The smallest absolute Gasteiger partial charge is 0.240 e. The van der Waals surface area contributed by atoms with E-state index in [-0.39, 0.29) is 34.7 Å². The Morgan fingerprint density at radius 3 is 2.48 bits per heavy atom. The highest BCUT2D eigenvalue weighted by Gasteiger charge is 2.11. The SMILES string of the molecule is CN=C(NCc1cccc(S(=O)(=O)NC)c1)NCc1ccc(F)cc1CSC.I. The minimum Gasteiger partial charge on any atom is -0.352 e. The van der Waals surface area contributed by atoms with E-state index in [4.69, 9.17) is 0 Å². The number of halogens is 2. The molecule has 0 saturated heterocycles. The number of thioether (sulfide) groups is 1. The molecule has 0 spiro atoms. The third-order valence-corrected chi connectivity index (χ3v) is 6.09. The normalized spacial score (nSPS) is 11.7. The predicted molar refractivity (Wildman–Crippen MR) is 129 cm³/mol. The van der Waals surface area contributed by atoms with E-state index in [2.05, 4.69) is 20.3 Å². The topological polar surface area (TPSA) is 82.6 Å². The van der Waals surface area contributed by atoms with Gasteiger partial charge in [-0.1, -0.05) is 18.2 Å². The van der Waals surface area contributed by atoms with Crippen molar-refractivity contribution in [3.8, 4) is 0 Å². The summed E-state index contributed by atoms with van der Waals surface area (Å²) in [6, 6.07) is 11.5. The van der Waals surface area contributed by atoms with Crippen molar-refractivity contribution in [1.29, 1.82) is 0 Å². The van der Waals surface area contributed by atoms with E-state index in [0.717, 1.165) is 22.4 Å². The average molecular weight is 552 g/mol. The van der Waals surface area contributed by atoms with E-state index in [1.807, 2.05) is 12.3 Å². The summed E-state index contributed by atoms with van der Waals surface area (Å²) in [5, 5.41) is 6.37. The summed E-state index contributed by atoms with van der Waals surface area (Å²) < 4.78 is 39.6. The number of nitrogens with one attached hydrogen (secondary N) is 3. The van der Waals surface area contributed by atoms with Crippen molar-refractivity contribution in [2.24, 2.45) is 4.99 Å². The van der Waals surface area contributed by atoms with Crippen LogP contribution in [0.2, 0.25) is 0 Å². The lowest BCUT2D eigenvalue weighted by Gasteiger charge is -2.14. The third-order valence-electron chi connectivity index (χ3n) is 4.08. The van der Waals surface area contributed by atoms with Crippen LogP contribution in [0.5, 0.6) is 0 Å². The van der Waals surface area contributed by atoms with Gasteiger partial charge in [0.25, 0.3) is 0 Å². The van der Waals surface area contributed by atoms with Gasteiger partial charge in [0, 0.05) is 25.9 Å². The highest BCUT2D eigenvalue weighted by molar-refractivity contribution is 14.0. The lowest BCUT2D eigenvalue weighted by molar-refractivity contribution is 0.588. The monoisotopic (exact) mass is 552 g/mol. The second-order valence-corrected chi connectivity index (χ2v) is 8.73. The minimum absolute atomic E-state index is 0. The van der Waals surface area contributed by atoms with Gasteiger partial charge in [0.1, 0.15) is 5.82 Å². The molecule has 0 atom stereocenters. The highest BCUT2D eigenvalue weighted by atomic mass is 127. The van der Waals surface area contributed by atoms with Gasteiger partial charge in [-0.2, -0.15) is 11.8 Å². The number of sulfonamides is 1. The quantitative estimate of drug-likeness (QED) is 0.267. The van der Waals surface area contributed by atoms with E-state index in [0.29, 0.717) is 19.0 Å². The number of rotatable bonds is 8. The maximum Gasteiger partial charge on any atom is 0.240 e. The lowest BCUT2D eigenvalue weighted by Crippen LogP contribution is -2.36. The summed E-state index contributed by atoms with van der Waals surface area (Å²) in [6.07, 6.45) is 1.98. The van der Waals surface area contributed by atoms with Crippen molar-refractivity contribution in [1.82, 2.24) is 15.4 Å². The molecule has 29 heavy (non-hydrogen) atoms. The fraction of sp³-hybridized carbons (Fsp3) is 0.316. The van der Waals surface area contributed by atoms with Crippen LogP contribution in [-0.4, -0.2) is 34.7 Å². The Labute approximate surface area is 193 Å². The van der Waals surface area contributed by atoms with Gasteiger partial charge in [-0.3, -0.25) is 4.99 Å². The van der Waals surface area contributed by atoms with Gasteiger partial charge in [0.05, 0.1) is 4.90 Å². The second kappa shape index (κ2) is 12.4. The van der Waals surface area contributed by atoms with E-state index in [1.54, 1.807) is 49.1 Å². The summed E-state index contributed by atoms with van der Waals surface area (Å²) in [5.41, 5.74) is 2.75. The Morgan fingerprint density at radius 2 is 1.83 bits per heavy atom. The van der Waals surface area contributed by atoms with Crippen molar-refractivity contribution in [3.05, 3.63) is 65.0 Å². The van der Waals surface area contributed by atoms with Crippen LogP contribution in [0.3, 0.4) is 0 Å². The molecule has 6 nitrogen and oxygen atoms in total. The molecular formula is C19H26FIN4O2S2. The molecule has 0 aliphatic carbocycles. The van der Waals surface area contributed by atoms with Crippen molar-refractivity contribution < 1.29 is 12.8 Å². The summed E-state index contributed by atoms with van der Waals surface area (Å²) in [4.78, 5) is 4.40. The number of aliphatic imine (C=N–C) groups is 1. The number of nitrogens with zero attached hydrogens (tertiary/aromatic N) is 1. The van der Waals surface area contributed by atoms with E-state index >= 15 is 0 Å². The third kappa shape index (κ3) is 7.76. The van der Waals surface area contributed by atoms with E-state index in [9.17, 15) is 12.8 Å². The zero-order chi connectivity index (χ0) is 20.6. The van der Waals surface area contributed by atoms with E-state index in [1.165, 1.54) is 13.1 Å². The first-order valence-electron chi connectivity index (χ1n) is 8.63. The zero-order valence-electron chi connectivity index (χ0n) is 16.5. The van der Waals surface area contributed by atoms with Crippen molar-refractivity contribution in [2.75, 3.05) is 20.4 Å². The predicted octanol–water partition coefficient (Wildman–Crippen LogP) is 3.08. The molecule has 0 aliphatic rings. The number of hydrogen-bond donors (Lipinski definition) is 3. The Kier molecular flexibility index (Phi) is 10.9. The van der Waals surface area contributed by atoms with Crippen LogP contribution in [0.15, 0.2) is 52.4 Å². The lowest BCUT2D eigenvalue weighted by atomic mass is 10.1. The highest BCUT2D eigenvalue weighted by Crippen LogP contribution is 2.16. The largest absolute Gasteiger partial charge is 0.352 e. The van der Waals surface area contributed by atoms with Crippen LogP contribution in [0.1, 0.15) is 16.7 Å². The van der Waals surface area contributed by atoms with Crippen LogP contribution in [-0.2, 0) is 28.9 Å². The molecule has 0 radical (unpaired) electrons. The molecule has 0 aliphatic heterocycles. The van der Waals surface area contributed by atoms with Crippen LogP contribution >= 0.6 is 35.7 Å². The van der Waals surface area contributed by atoms with Gasteiger partial charge in [0.2, 0.25) is 10.0 Å². The number of guanidine groups is 1. The van der Waals surface area contributed by atoms with Crippen molar-refractivity contribution in [3.63, 3.8) is 0 Å². The molecule has 160 valence electrons. The van der Waals surface area contributed by atoms with Crippen LogP contribution in [0.4, 0.5) is 4.39 Å². The number of hydrogen-bond acceptors (Lipinski definition) is 4. The van der Waals surface area contributed by atoms with Crippen LogP contribution < -0.4 is 15.4 Å². The molecule has 0 fully saturated rings. The molecule has 2 aromatic rings. The summed E-state index contributed by atoms with van der Waals surface area (Å²) in [6.45, 7) is 0.915. The van der Waals surface area contributed by atoms with Gasteiger partial charge >= 0.3 is 0 Å². The molecule has 10 heteroatoms. The fourth-order valence-electron chi connectivity index (χ4n) is 2.58. The van der Waals surface area contributed by atoms with Crippen molar-refractivity contribution >= 4 is 51.7 Å². The molecule has 0 aromatic heterocycles. The van der Waals surface area contributed by atoms with Gasteiger partial charge in [0.15, 0.2) is 5.96 Å². The standard InChI is InChI=1S/C19H25FN4O2S2.HI/c1-21-19(24-12-15-7-8-17(20)10-16(15)13-27-3)23-11-14-5-4-6-18(9-14)28(25,26)22-2;/h4-10,22H,11-13H2,1-3H3,(H2,21,23,24);1H. The first kappa shape index (κ1) is 25.7. The summed E-state index contributed by atoms with van der Waals surface area (Å²) in [5.74, 6) is 1.06. The van der Waals surface area contributed by atoms with Crippen LogP contribution in [0, 0.1) is 5.82 Å². The molecular weight excluding hydrogens is 526 g/mol. The van der Waals surface area contributed by atoms with Gasteiger partial charge in [-0.05, 0) is 54.3 Å². The zero-order valence-corrected chi connectivity index (χ0v) is 20.5. The minimum atomic E-state index is -3.48. The number of benzene rings is 2. The maximum atomic E-state index is 13.5. The Morgan fingerprint density at radius 1 is 1.10 bits per heavy atom. The molecule has 3 N–H and O–H groups in total. The summed E-state index contributed by atoms with van der Waals surface area (Å²) >= 11 is 1.64. The van der Waals surface area contributed by atoms with Crippen molar-refractivity contribution in [2.45, 2.75) is 23.7 Å². The van der Waals surface area contributed by atoms with Gasteiger partial charge in [-0.15, -0.1) is 24.0 Å². The van der Waals surface area contributed by atoms with Gasteiger partial charge in [-0.25, -0.2) is 17.5 Å². The Bertz CT molecular complexity index is 940. The first-order valence-corrected chi connectivity index (χ1v) is 11.5. The molecule has 2 rings (SSSR count). The molecule has 0 amide bonds. The molecule has 0 heterocycles. The molecule has 0 unspecified atom stereocenters.